The van der Waals surface area contributed by atoms with E-state index in [4.69, 9.17) is 5.21 Å². The Morgan fingerprint density at radius 1 is 1.05 bits per heavy atom. The lowest BCUT2D eigenvalue weighted by atomic mass is 9.90. The lowest BCUT2D eigenvalue weighted by Crippen LogP contribution is -2.18. The van der Waals surface area contributed by atoms with Gasteiger partial charge in [-0.15, -0.1) is 0 Å². The zero-order valence-corrected chi connectivity index (χ0v) is 12.4. The number of carbonyl (C=O) groups is 1. The van der Waals surface area contributed by atoms with Gasteiger partial charge in [-0.25, -0.2) is 5.48 Å². The molecule has 22 heavy (non-hydrogen) atoms. The summed E-state index contributed by atoms with van der Waals surface area (Å²) < 4.78 is 0. The predicted molar refractivity (Wildman–Crippen MR) is 86.1 cm³/mol. The van der Waals surface area contributed by atoms with Crippen molar-refractivity contribution in [1.29, 1.82) is 0 Å². The molecule has 0 saturated carbocycles. The highest BCUT2D eigenvalue weighted by Crippen LogP contribution is 2.28. The average Bonchev–Trinajstić information content (AvgIpc) is 2.59. The van der Waals surface area contributed by atoms with Crippen molar-refractivity contribution in [3.8, 4) is 0 Å². The summed E-state index contributed by atoms with van der Waals surface area (Å²) in [6.45, 7) is 0.720. The van der Waals surface area contributed by atoms with Crippen molar-refractivity contribution in [3.63, 3.8) is 0 Å². The second-order valence-electron chi connectivity index (χ2n) is 5.64. The molecular formula is C18H20N2O2. The number of hydroxylamine groups is 1. The zero-order chi connectivity index (χ0) is 15.4. The van der Waals surface area contributed by atoms with Gasteiger partial charge in [-0.2, -0.15) is 0 Å². The topological polar surface area (TPSA) is 61.4 Å². The van der Waals surface area contributed by atoms with E-state index in [1.807, 2.05) is 12.1 Å². The van der Waals surface area contributed by atoms with Crippen LogP contribution in [0.4, 0.5) is 5.69 Å². The number of fused-ring (bicyclic) bond motifs is 1. The molecule has 1 aliphatic rings. The van der Waals surface area contributed by atoms with Gasteiger partial charge in [0.1, 0.15) is 0 Å². The molecule has 3 rings (SSSR count). The first-order valence-electron chi connectivity index (χ1n) is 7.66. The van der Waals surface area contributed by atoms with E-state index >= 15 is 0 Å². The monoisotopic (exact) mass is 296 g/mol. The number of hydrogen-bond donors (Lipinski definition) is 3. The van der Waals surface area contributed by atoms with Crippen LogP contribution in [0.3, 0.4) is 0 Å². The standard InChI is InChI=1S/C18H20N2O2/c21-18(20-22)15-10-8-13(9-11-15)12-19-17-7-3-5-14-4-1-2-6-16(14)17/h3,5,7-11,19,22H,1-2,4,6,12H2,(H,20,21). The molecule has 0 saturated heterocycles. The van der Waals surface area contributed by atoms with Crippen LogP contribution in [0.2, 0.25) is 0 Å². The van der Waals surface area contributed by atoms with Gasteiger partial charge in [0, 0.05) is 17.8 Å². The highest BCUT2D eigenvalue weighted by Gasteiger charge is 2.12. The van der Waals surface area contributed by atoms with Gasteiger partial charge in [-0.1, -0.05) is 24.3 Å². The Bertz CT molecular complexity index is 665. The molecule has 0 atom stereocenters. The first-order valence-corrected chi connectivity index (χ1v) is 7.66. The first kappa shape index (κ1) is 14.6. The minimum Gasteiger partial charge on any atom is -0.381 e. The molecule has 0 radical (unpaired) electrons. The Balaban J connectivity index is 1.69. The van der Waals surface area contributed by atoms with Crippen LogP contribution in [0.1, 0.15) is 39.9 Å². The number of hydrogen-bond acceptors (Lipinski definition) is 3. The fourth-order valence-electron chi connectivity index (χ4n) is 2.98. The maximum atomic E-state index is 11.3. The van der Waals surface area contributed by atoms with E-state index in [1.54, 1.807) is 17.6 Å². The summed E-state index contributed by atoms with van der Waals surface area (Å²) in [6, 6.07) is 13.7. The van der Waals surface area contributed by atoms with E-state index in [2.05, 4.69) is 23.5 Å². The average molecular weight is 296 g/mol. The molecule has 0 unspecified atom stereocenters. The SMILES string of the molecule is O=C(NO)c1ccc(CNc2cccc3c2CCCC3)cc1. The third kappa shape index (κ3) is 3.12. The smallest absolute Gasteiger partial charge is 0.274 e. The molecule has 4 heteroatoms. The van der Waals surface area contributed by atoms with Crippen molar-refractivity contribution in [2.45, 2.75) is 32.2 Å². The largest absolute Gasteiger partial charge is 0.381 e. The van der Waals surface area contributed by atoms with Crippen LogP contribution in [-0.2, 0) is 19.4 Å². The van der Waals surface area contributed by atoms with Crippen molar-refractivity contribution in [1.82, 2.24) is 5.48 Å². The van der Waals surface area contributed by atoms with E-state index in [-0.39, 0.29) is 0 Å². The van der Waals surface area contributed by atoms with E-state index in [0.717, 1.165) is 18.5 Å². The van der Waals surface area contributed by atoms with Crippen LogP contribution >= 0.6 is 0 Å². The third-order valence-electron chi connectivity index (χ3n) is 4.20. The van der Waals surface area contributed by atoms with E-state index in [9.17, 15) is 4.79 Å². The second kappa shape index (κ2) is 6.62. The molecular weight excluding hydrogens is 276 g/mol. The second-order valence-corrected chi connectivity index (χ2v) is 5.64. The number of nitrogens with one attached hydrogen (secondary N) is 2. The first-order chi connectivity index (χ1) is 10.8. The molecule has 1 aliphatic carbocycles. The Morgan fingerprint density at radius 3 is 2.59 bits per heavy atom. The highest BCUT2D eigenvalue weighted by atomic mass is 16.5. The normalized spacial score (nSPS) is 13.3. The maximum absolute atomic E-state index is 11.3. The number of amides is 1. The Hall–Kier alpha value is -2.33. The van der Waals surface area contributed by atoms with Gasteiger partial charge in [-0.3, -0.25) is 10.0 Å². The summed E-state index contributed by atoms with van der Waals surface area (Å²) in [4.78, 5) is 11.3. The molecule has 114 valence electrons. The maximum Gasteiger partial charge on any atom is 0.274 e. The molecule has 0 aromatic heterocycles. The van der Waals surface area contributed by atoms with Crippen LogP contribution < -0.4 is 10.8 Å². The number of rotatable bonds is 4. The van der Waals surface area contributed by atoms with Gasteiger partial charge in [0.25, 0.3) is 5.91 Å². The van der Waals surface area contributed by atoms with Crippen LogP contribution in [0.15, 0.2) is 42.5 Å². The quantitative estimate of drug-likeness (QED) is 0.599. The molecule has 2 aromatic carbocycles. The van der Waals surface area contributed by atoms with Gasteiger partial charge in [0.15, 0.2) is 0 Å². The van der Waals surface area contributed by atoms with E-state index in [1.165, 1.54) is 36.1 Å². The molecule has 0 bridgehead atoms. The number of aryl methyl sites for hydroxylation is 1. The zero-order valence-electron chi connectivity index (χ0n) is 12.4. The van der Waals surface area contributed by atoms with Gasteiger partial charge in [0.05, 0.1) is 0 Å². The Labute approximate surface area is 130 Å². The van der Waals surface area contributed by atoms with Crippen molar-refractivity contribution in [3.05, 3.63) is 64.7 Å². The molecule has 0 aliphatic heterocycles. The van der Waals surface area contributed by atoms with Gasteiger partial charge < -0.3 is 5.32 Å². The molecule has 0 spiro atoms. The van der Waals surface area contributed by atoms with E-state index in [0.29, 0.717) is 5.56 Å². The summed E-state index contributed by atoms with van der Waals surface area (Å²) in [5.41, 5.74) is 7.32. The number of benzene rings is 2. The molecule has 1 amide bonds. The molecule has 4 nitrogen and oxygen atoms in total. The fourth-order valence-corrected chi connectivity index (χ4v) is 2.98. The Morgan fingerprint density at radius 2 is 1.82 bits per heavy atom. The molecule has 2 aromatic rings. The molecule has 0 heterocycles. The lowest BCUT2D eigenvalue weighted by Gasteiger charge is -2.20. The fraction of sp³-hybridized carbons (Fsp3) is 0.278. The number of carbonyl (C=O) groups excluding carboxylic acids is 1. The van der Waals surface area contributed by atoms with Gasteiger partial charge in [0.2, 0.25) is 0 Å². The predicted octanol–water partition coefficient (Wildman–Crippen LogP) is 3.30. The summed E-state index contributed by atoms with van der Waals surface area (Å²) in [7, 11) is 0. The van der Waals surface area contributed by atoms with Crippen LogP contribution in [0.5, 0.6) is 0 Å². The van der Waals surface area contributed by atoms with Crippen molar-refractivity contribution in [2.75, 3.05) is 5.32 Å². The minimum atomic E-state index is -0.489. The summed E-state index contributed by atoms with van der Waals surface area (Å²) >= 11 is 0. The van der Waals surface area contributed by atoms with Gasteiger partial charge >= 0.3 is 0 Å². The lowest BCUT2D eigenvalue weighted by molar-refractivity contribution is 0.0706. The van der Waals surface area contributed by atoms with E-state index < -0.39 is 5.91 Å². The third-order valence-corrected chi connectivity index (χ3v) is 4.20. The molecule has 0 fully saturated rings. The summed E-state index contributed by atoms with van der Waals surface area (Å²) in [6.07, 6.45) is 4.87. The van der Waals surface area contributed by atoms with Crippen molar-refractivity contribution >= 4 is 11.6 Å². The summed E-state index contributed by atoms with van der Waals surface area (Å²) in [5, 5.41) is 12.1. The van der Waals surface area contributed by atoms with Crippen LogP contribution in [-0.4, -0.2) is 11.1 Å². The van der Waals surface area contributed by atoms with Crippen LogP contribution in [0, 0.1) is 0 Å². The van der Waals surface area contributed by atoms with Gasteiger partial charge in [-0.05, 0) is 60.6 Å². The van der Waals surface area contributed by atoms with Crippen LogP contribution in [0.25, 0.3) is 0 Å². The number of anilines is 1. The minimum absolute atomic E-state index is 0.448. The highest BCUT2D eigenvalue weighted by molar-refractivity contribution is 5.93. The van der Waals surface area contributed by atoms with Crippen molar-refractivity contribution in [2.24, 2.45) is 0 Å². The Kier molecular flexibility index (Phi) is 4.39. The van der Waals surface area contributed by atoms with Crippen molar-refractivity contribution < 1.29 is 10.0 Å². The summed E-state index contributed by atoms with van der Waals surface area (Å²) in [5.74, 6) is -0.489. The molecule has 3 N–H and O–H groups in total.